The van der Waals surface area contributed by atoms with E-state index in [1.807, 2.05) is 11.3 Å². The van der Waals surface area contributed by atoms with Gasteiger partial charge in [-0.2, -0.15) is 0 Å². The van der Waals surface area contributed by atoms with Gasteiger partial charge in [0, 0.05) is 47.4 Å². The zero-order valence-corrected chi connectivity index (χ0v) is 27.7. The molecule has 4 heteroatoms. The maximum Gasteiger partial charge on any atom is 0.143 e. The van der Waals surface area contributed by atoms with Crippen LogP contribution in [-0.4, -0.2) is 4.57 Å². The van der Waals surface area contributed by atoms with Gasteiger partial charge in [-0.25, -0.2) is 0 Å². The number of thiophene rings is 1. The molecule has 0 aliphatic rings. The van der Waals surface area contributed by atoms with E-state index in [4.69, 9.17) is 4.42 Å². The summed E-state index contributed by atoms with van der Waals surface area (Å²) in [5, 5.41) is 9.52. The first kappa shape index (κ1) is 27.6. The molecule has 0 aliphatic heterocycles. The van der Waals surface area contributed by atoms with Crippen LogP contribution in [-0.2, 0) is 0 Å². The molecule has 0 unspecified atom stereocenters. The normalized spacial score (nSPS) is 12.0. The highest BCUT2D eigenvalue weighted by atomic mass is 32.1. The van der Waals surface area contributed by atoms with Gasteiger partial charge in [-0.1, -0.05) is 103 Å². The number of para-hydroxylation sites is 4. The van der Waals surface area contributed by atoms with E-state index in [9.17, 15) is 0 Å². The van der Waals surface area contributed by atoms with Crippen molar-refractivity contribution in [1.82, 2.24) is 4.57 Å². The highest BCUT2D eigenvalue weighted by molar-refractivity contribution is 7.25. The van der Waals surface area contributed by atoms with E-state index in [0.717, 1.165) is 50.1 Å². The summed E-state index contributed by atoms with van der Waals surface area (Å²) in [6, 6.07) is 61.3. The van der Waals surface area contributed by atoms with Crippen LogP contribution in [0.1, 0.15) is 0 Å². The van der Waals surface area contributed by atoms with E-state index in [1.54, 1.807) is 0 Å². The molecule has 0 fully saturated rings. The van der Waals surface area contributed by atoms with E-state index in [2.05, 4.69) is 179 Å². The molecule has 0 aliphatic carbocycles. The van der Waals surface area contributed by atoms with E-state index >= 15 is 0 Å². The van der Waals surface area contributed by atoms with Gasteiger partial charge in [0.05, 0.1) is 33.5 Å². The minimum atomic E-state index is 0.871. The lowest BCUT2D eigenvalue weighted by Gasteiger charge is -2.29. The molecule has 0 radical (unpaired) electrons. The molecule has 3 aromatic heterocycles. The van der Waals surface area contributed by atoms with Crippen LogP contribution in [0.15, 0.2) is 174 Å². The van der Waals surface area contributed by atoms with Crippen molar-refractivity contribution in [3.8, 4) is 5.69 Å². The van der Waals surface area contributed by atoms with Gasteiger partial charge in [-0.3, -0.25) is 0 Å². The molecule has 3 nitrogen and oxygen atoms in total. The first-order valence-corrected chi connectivity index (χ1v) is 17.8. The Hall–Kier alpha value is -6.36. The van der Waals surface area contributed by atoms with Gasteiger partial charge in [0.2, 0.25) is 0 Å². The van der Waals surface area contributed by atoms with Crippen LogP contribution in [0, 0.1) is 0 Å². The molecule has 0 bridgehead atoms. The predicted molar refractivity (Wildman–Crippen MR) is 213 cm³/mol. The van der Waals surface area contributed by atoms with Crippen molar-refractivity contribution in [2.45, 2.75) is 0 Å². The van der Waals surface area contributed by atoms with Crippen LogP contribution in [0.4, 0.5) is 17.1 Å². The van der Waals surface area contributed by atoms with Crippen LogP contribution in [0.5, 0.6) is 0 Å². The quantitative estimate of drug-likeness (QED) is 0.188. The fourth-order valence-corrected chi connectivity index (χ4v) is 9.09. The van der Waals surface area contributed by atoms with Crippen molar-refractivity contribution in [1.29, 1.82) is 0 Å². The van der Waals surface area contributed by atoms with E-state index in [-0.39, 0.29) is 0 Å². The molecular weight excluding hydrogens is 629 g/mol. The molecule has 0 spiro atoms. The van der Waals surface area contributed by atoms with Crippen LogP contribution < -0.4 is 4.90 Å². The third-order valence-corrected chi connectivity index (χ3v) is 11.3. The van der Waals surface area contributed by atoms with Gasteiger partial charge in [-0.15, -0.1) is 11.3 Å². The molecule has 234 valence electrons. The summed E-state index contributed by atoms with van der Waals surface area (Å²) in [5.74, 6) is 0. The maximum atomic E-state index is 6.73. The largest absolute Gasteiger partial charge is 0.455 e. The Balaban J connectivity index is 1.26. The third kappa shape index (κ3) is 3.91. The van der Waals surface area contributed by atoms with Crippen molar-refractivity contribution in [2.24, 2.45) is 0 Å². The fourth-order valence-electron chi connectivity index (χ4n) is 8.01. The summed E-state index contributed by atoms with van der Waals surface area (Å²) in [6.07, 6.45) is 0. The van der Waals surface area contributed by atoms with Crippen molar-refractivity contribution in [2.75, 3.05) is 4.90 Å². The van der Waals surface area contributed by atoms with Gasteiger partial charge in [0.1, 0.15) is 11.2 Å². The number of aromatic nitrogens is 1. The molecule has 50 heavy (non-hydrogen) atoms. The average Bonchev–Trinajstić information content (AvgIpc) is 3.85. The smallest absolute Gasteiger partial charge is 0.143 e. The molecule has 0 saturated carbocycles. The Labute approximate surface area is 291 Å². The second-order valence-electron chi connectivity index (χ2n) is 12.9. The average molecular weight is 657 g/mol. The van der Waals surface area contributed by atoms with Crippen LogP contribution >= 0.6 is 11.3 Å². The number of furan rings is 1. The Bertz CT molecular complexity index is 3070. The lowest BCUT2D eigenvalue weighted by atomic mass is 10.0. The van der Waals surface area contributed by atoms with Crippen molar-refractivity contribution >= 4 is 103 Å². The van der Waals surface area contributed by atoms with E-state index in [0.29, 0.717) is 0 Å². The molecule has 11 aromatic rings. The minimum Gasteiger partial charge on any atom is -0.455 e. The standard InChI is InChI=1S/C46H28N2OS/c1-2-13-31-29(12-1)24-26-35-45-41(21-11-22-42(45)49-46(31)35)47(30-25-27-44-36(28-30)34-16-5-10-23-43(34)50-44)39-19-8-9-20-40(39)48-37-17-6-3-14-32(37)33-15-4-7-18-38(33)48/h1-28H. The first-order chi connectivity index (χ1) is 24.8. The molecular formula is C46H28N2OS. The summed E-state index contributed by atoms with van der Waals surface area (Å²) in [5.41, 5.74) is 8.50. The fraction of sp³-hybridized carbons (Fsp3) is 0. The molecule has 0 amide bonds. The summed E-state index contributed by atoms with van der Waals surface area (Å²) in [7, 11) is 0. The number of benzene rings is 8. The lowest BCUT2D eigenvalue weighted by Crippen LogP contribution is -2.13. The second-order valence-corrected chi connectivity index (χ2v) is 14.0. The molecule has 0 N–H and O–H groups in total. The molecule has 3 heterocycles. The Kier molecular flexibility index (Phi) is 5.83. The van der Waals surface area contributed by atoms with Crippen molar-refractivity contribution < 1.29 is 4.42 Å². The van der Waals surface area contributed by atoms with Crippen LogP contribution in [0.3, 0.4) is 0 Å². The zero-order chi connectivity index (χ0) is 32.8. The van der Waals surface area contributed by atoms with Gasteiger partial charge in [-0.05, 0) is 72.1 Å². The number of rotatable bonds is 4. The first-order valence-electron chi connectivity index (χ1n) is 16.9. The van der Waals surface area contributed by atoms with E-state index in [1.165, 1.54) is 47.4 Å². The molecule has 11 rings (SSSR count). The third-order valence-electron chi connectivity index (χ3n) is 10.2. The number of anilines is 3. The molecule has 0 saturated heterocycles. The Morgan fingerprint density at radius 2 is 1.12 bits per heavy atom. The van der Waals surface area contributed by atoms with Crippen LogP contribution in [0.25, 0.3) is 80.4 Å². The van der Waals surface area contributed by atoms with Crippen molar-refractivity contribution in [3.63, 3.8) is 0 Å². The molecule has 0 atom stereocenters. The highest BCUT2D eigenvalue weighted by Crippen LogP contribution is 2.48. The SMILES string of the molecule is c1ccc(-n2c3ccccc3c3ccccc32)c(N(c2ccc3sc4ccccc4c3c2)c2cccc3oc4c5ccccc5ccc4c23)c1. The van der Waals surface area contributed by atoms with Gasteiger partial charge in [0.15, 0.2) is 0 Å². The molecule has 8 aromatic carbocycles. The summed E-state index contributed by atoms with van der Waals surface area (Å²) in [6.45, 7) is 0. The summed E-state index contributed by atoms with van der Waals surface area (Å²) in [4.78, 5) is 2.44. The number of hydrogen-bond acceptors (Lipinski definition) is 3. The van der Waals surface area contributed by atoms with E-state index < -0.39 is 0 Å². The topological polar surface area (TPSA) is 21.3 Å². The predicted octanol–water partition coefficient (Wildman–Crippen LogP) is 13.7. The van der Waals surface area contributed by atoms with Crippen LogP contribution in [0.2, 0.25) is 0 Å². The van der Waals surface area contributed by atoms with Gasteiger partial charge >= 0.3 is 0 Å². The lowest BCUT2D eigenvalue weighted by molar-refractivity contribution is 0.672. The number of nitrogens with zero attached hydrogens (tertiary/aromatic N) is 2. The minimum absolute atomic E-state index is 0.871. The zero-order valence-electron chi connectivity index (χ0n) is 26.9. The number of fused-ring (bicyclic) bond motifs is 11. The summed E-state index contributed by atoms with van der Waals surface area (Å²) >= 11 is 1.85. The monoisotopic (exact) mass is 656 g/mol. The second kappa shape index (κ2) is 10.6. The van der Waals surface area contributed by atoms with Gasteiger partial charge in [0.25, 0.3) is 0 Å². The Morgan fingerprint density at radius 3 is 1.96 bits per heavy atom. The number of hydrogen-bond donors (Lipinski definition) is 0. The highest BCUT2D eigenvalue weighted by Gasteiger charge is 2.24. The van der Waals surface area contributed by atoms with Crippen molar-refractivity contribution in [3.05, 3.63) is 170 Å². The summed E-state index contributed by atoms with van der Waals surface area (Å²) < 4.78 is 11.7. The maximum absolute atomic E-state index is 6.73. The van der Waals surface area contributed by atoms with Gasteiger partial charge < -0.3 is 13.9 Å². The Morgan fingerprint density at radius 1 is 0.460 bits per heavy atom.